The fourth-order valence-electron chi connectivity index (χ4n) is 1.44. The molecule has 0 saturated carbocycles. The van der Waals surface area contributed by atoms with Crippen LogP contribution in [0.1, 0.15) is 18.9 Å². The number of pyridine rings is 1. The first kappa shape index (κ1) is 9.65. The Labute approximate surface area is 89.3 Å². The van der Waals surface area contributed by atoms with E-state index in [0.29, 0.717) is 0 Å². The highest BCUT2D eigenvalue weighted by atomic mass is 15.0. The van der Waals surface area contributed by atoms with Crippen LogP contribution < -0.4 is 5.32 Å². The van der Waals surface area contributed by atoms with Gasteiger partial charge in [-0.05, 0) is 24.1 Å². The van der Waals surface area contributed by atoms with Gasteiger partial charge in [-0.25, -0.2) is 4.99 Å². The van der Waals surface area contributed by atoms with E-state index in [1.54, 1.807) is 12.4 Å². The first-order valence-electron chi connectivity index (χ1n) is 4.95. The monoisotopic (exact) mass is 199 g/mol. The van der Waals surface area contributed by atoms with Crippen molar-refractivity contribution in [3.63, 3.8) is 0 Å². The summed E-state index contributed by atoms with van der Waals surface area (Å²) < 4.78 is 0. The quantitative estimate of drug-likeness (QED) is 0.793. The maximum absolute atomic E-state index is 4.36. The van der Waals surface area contributed by atoms with Crippen LogP contribution in [0, 0.1) is 0 Å². The van der Waals surface area contributed by atoms with E-state index < -0.39 is 0 Å². The van der Waals surface area contributed by atoms with Crippen LogP contribution in [0.2, 0.25) is 0 Å². The first-order valence-corrected chi connectivity index (χ1v) is 4.95. The van der Waals surface area contributed by atoms with Gasteiger partial charge in [0.05, 0.1) is 0 Å². The number of rotatable bonds is 2. The van der Waals surface area contributed by atoms with Crippen molar-refractivity contribution in [1.29, 1.82) is 0 Å². The molecule has 2 rings (SSSR count). The summed E-state index contributed by atoms with van der Waals surface area (Å²) in [5.41, 5.74) is 3.10. The minimum Gasteiger partial charge on any atom is -0.340 e. The van der Waals surface area contributed by atoms with Crippen LogP contribution >= 0.6 is 0 Å². The van der Waals surface area contributed by atoms with E-state index in [1.807, 2.05) is 18.3 Å². The van der Waals surface area contributed by atoms with Crippen LogP contribution in [0.15, 0.2) is 53.6 Å². The number of hydrogen-bond donors (Lipinski definition) is 1. The van der Waals surface area contributed by atoms with Crippen molar-refractivity contribution >= 4 is 5.84 Å². The molecule has 1 aromatic heterocycles. The summed E-state index contributed by atoms with van der Waals surface area (Å²) in [6.07, 6.45) is 6.32. The number of nitrogens with zero attached hydrogens (tertiary/aromatic N) is 2. The van der Waals surface area contributed by atoms with Gasteiger partial charge >= 0.3 is 0 Å². The second kappa shape index (κ2) is 4.09. The number of hydrogen-bond acceptors (Lipinski definition) is 3. The first-order chi connectivity index (χ1) is 7.31. The van der Waals surface area contributed by atoms with Gasteiger partial charge in [0.2, 0.25) is 0 Å². The minimum absolute atomic E-state index is 0.833. The largest absolute Gasteiger partial charge is 0.340 e. The highest BCUT2D eigenvalue weighted by molar-refractivity contribution is 6.01. The molecule has 2 heterocycles. The Hall–Kier alpha value is -1.90. The SMILES string of the molecule is C=C1NC(c2ccncc2)=NC=C1CC. The van der Waals surface area contributed by atoms with Crippen LogP contribution in [-0.2, 0) is 0 Å². The van der Waals surface area contributed by atoms with Gasteiger partial charge in [0.25, 0.3) is 0 Å². The highest BCUT2D eigenvalue weighted by Gasteiger charge is 2.10. The number of aromatic nitrogens is 1. The number of allylic oxidation sites excluding steroid dienone is 1. The number of amidine groups is 1. The lowest BCUT2D eigenvalue weighted by molar-refractivity contribution is 0.999. The molecule has 0 aromatic carbocycles. The summed E-state index contributed by atoms with van der Waals surface area (Å²) >= 11 is 0. The normalized spacial score (nSPS) is 15.4. The summed E-state index contributed by atoms with van der Waals surface area (Å²) in [5, 5.41) is 3.19. The van der Waals surface area contributed by atoms with E-state index in [9.17, 15) is 0 Å². The molecule has 0 unspecified atom stereocenters. The summed E-state index contributed by atoms with van der Waals surface area (Å²) in [4.78, 5) is 8.33. The molecule has 0 radical (unpaired) electrons. The highest BCUT2D eigenvalue weighted by Crippen LogP contribution is 2.15. The second-order valence-corrected chi connectivity index (χ2v) is 3.33. The summed E-state index contributed by atoms with van der Waals surface area (Å²) in [6.45, 7) is 6.06. The molecule has 0 fully saturated rings. The van der Waals surface area contributed by atoms with Crippen LogP contribution in [0.5, 0.6) is 0 Å². The zero-order chi connectivity index (χ0) is 10.7. The third-order valence-corrected chi connectivity index (χ3v) is 2.34. The molecule has 0 saturated heterocycles. The van der Waals surface area contributed by atoms with Gasteiger partial charge in [-0.1, -0.05) is 13.5 Å². The Morgan fingerprint density at radius 1 is 1.33 bits per heavy atom. The van der Waals surface area contributed by atoms with Crippen molar-refractivity contribution in [3.05, 3.63) is 54.1 Å². The molecule has 1 aromatic rings. The molecule has 0 bridgehead atoms. The fraction of sp³-hybridized carbons (Fsp3) is 0.167. The number of aliphatic imine (C=N–C) groups is 1. The molecule has 1 aliphatic rings. The Kier molecular flexibility index (Phi) is 2.63. The molecule has 0 amide bonds. The lowest BCUT2D eigenvalue weighted by Gasteiger charge is -2.17. The zero-order valence-corrected chi connectivity index (χ0v) is 8.70. The van der Waals surface area contributed by atoms with Crippen molar-refractivity contribution in [2.75, 3.05) is 0 Å². The van der Waals surface area contributed by atoms with Crippen LogP contribution in [0.3, 0.4) is 0 Å². The Bertz CT molecular complexity index is 429. The maximum Gasteiger partial charge on any atom is 0.137 e. The summed E-state index contributed by atoms with van der Waals surface area (Å²) in [6, 6.07) is 3.84. The van der Waals surface area contributed by atoms with Crippen molar-refractivity contribution in [2.45, 2.75) is 13.3 Å². The Morgan fingerprint density at radius 3 is 2.67 bits per heavy atom. The maximum atomic E-state index is 4.36. The molecule has 0 aliphatic carbocycles. The van der Waals surface area contributed by atoms with Gasteiger partial charge in [-0.2, -0.15) is 0 Å². The topological polar surface area (TPSA) is 37.3 Å². The van der Waals surface area contributed by atoms with E-state index in [2.05, 4.69) is 28.8 Å². The molecule has 3 heteroatoms. The second-order valence-electron chi connectivity index (χ2n) is 3.33. The minimum atomic E-state index is 0.833. The molecular formula is C12H13N3. The van der Waals surface area contributed by atoms with Gasteiger partial charge in [0.1, 0.15) is 5.84 Å². The predicted molar refractivity (Wildman–Crippen MR) is 61.4 cm³/mol. The van der Waals surface area contributed by atoms with Crippen LogP contribution in [0.4, 0.5) is 0 Å². The molecular weight excluding hydrogens is 186 g/mol. The summed E-state index contributed by atoms with van der Waals surface area (Å²) in [7, 11) is 0. The van der Waals surface area contributed by atoms with E-state index in [-0.39, 0.29) is 0 Å². The predicted octanol–water partition coefficient (Wildman–Crippen LogP) is 2.24. The molecule has 15 heavy (non-hydrogen) atoms. The third-order valence-electron chi connectivity index (χ3n) is 2.34. The van der Waals surface area contributed by atoms with Crippen molar-refractivity contribution in [1.82, 2.24) is 10.3 Å². The van der Waals surface area contributed by atoms with Gasteiger partial charge < -0.3 is 5.32 Å². The van der Waals surface area contributed by atoms with Crippen LogP contribution in [0.25, 0.3) is 0 Å². The van der Waals surface area contributed by atoms with Gasteiger partial charge in [0.15, 0.2) is 0 Å². The van der Waals surface area contributed by atoms with Gasteiger partial charge in [0, 0.05) is 29.9 Å². The molecule has 0 spiro atoms. The molecule has 3 nitrogen and oxygen atoms in total. The molecule has 0 atom stereocenters. The Balaban J connectivity index is 2.31. The van der Waals surface area contributed by atoms with E-state index >= 15 is 0 Å². The van der Waals surface area contributed by atoms with Crippen molar-refractivity contribution in [3.8, 4) is 0 Å². The lowest BCUT2D eigenvalue weighted by Crippen LogP contribution is -2.26. The van der Waals surface area contributed by atoms with Gasteiger partial charge in [-0.15, -0.1) is 0 Å². The zero-order valence-electron chi connectivity index (χ0n) is 8.70. The van der Waals surface area contributed by atoms with Crippen LogP contribution in [-0.4, -0.2) is 10.8 Å². The third kappa shape index (κ3) is 1.96. The van der Waals surface area contributed by atoms with Crippen molar-refractivity contribution < 1.29 is 0 Å². The van der Waals surface area contributed by atoms with E-state index in [1.165, 1.54) is 0 Å². The Morgan fingerprint density at radius 2 is 2.07 bits per heavy atom. The lowest BCUT2D eigenvalue weighted by atomic mass is 10.1. The number of nitrogens with one attached hydrogen (secondary N) is 1. The smallest absolute Gasteiger partial charge is 0.137 e. The van der Waals surface area contributed by atoms with Crippen molar-refractivity contribution in [2.24, 2.45) is 4.99 Å². The summed E-state index contributed by atoms with van der Waals surface area (Å²) in [5.74, 6) is 0.833. The average Bonchev–Trinajstić information content (AvgIpc) is 2.30. The molecule has 1 aliphatic heterocycles. The fourth-order valence-corrected chi connectivity index (χ4v) is 1.44. The van der Waals surface area contributed by atoms with E-state index in [4.69, 9.17) is 0 Å². The average molecular weight is 199 g/mol. The molecule has 1 N–H and O–H groups in total. The van der Waals surface area contributed by atoms with Gasteiger partial charge in [-0.3, -0.25) is 4.98 Å². The molecule has 76 valence electrons. The standard InChI is InChI=1S/C12H13N3/c1-3-10-8-14-12(15-9(10)2)11-4-6-13-7-5-11/h4-8H,2-3H2,1H3,(H,14,15). The van der Waals surface area contributed by atoms with E-state index in [0.717, 1.165) is 29.1 Å².